The van der Waals surface area contributed by atoms with Gasteiger partial charge >= 0.3 is 6.03 Å². The summed E-state index contributed by atoms with van der Waals surface area (Å²) >= 11 is 0. The van der Waals surface area contributed by atoms with Gasteiger partial charge in [0, 0.05) is 30.0 Å². The van der Waals surface area contributed by atoms with E-state index in [1.54, 1.807) is 0 Å². The summed E-state index contributed by atoms with van der Waals surface area (Å²) in [5.41, 5.74) is 1.64. The maximum Gasteiger partial charge on any atom is 0.319 e. The highest BCUT2D eigenvalue weighted by atomic mass is 16.2. The number of nitrogens with zero attached hydrogens (tertiary/aromatic N) is 1. The summed E-state index contributed by atoms with van der Waals surface area (Å²) < 4.78 is 0. The van der Waals surface area contributed by atoms with Crippen LogP contribution in [-0.4, -0.2) is 41.5 Å². The molecule has 6 heteroatoms. The largest absolute Gasteiger partial charge is 0.374 e. The molecule has 1 heterocycles. The van der Waals surface area contributed by atoms with Crippen LogP contribution in [0.3, 0.4) is 0 Å². The number of rotatable bonds is 5. The van der Waals surface area contributed by atoms with Gasteiger partial charge in [-0.25, -0.2) is 4.79 Å². The number of piperidine rings is 1. The molecular weight excluding hydrogens is 304 g/mol. The van der Waals surface area contributed by atoms with E-state index in [1.165, 1.54) is 0 Å². The van der Waals surface area contributed by atoms with Gasteiger partial charge in [-0.1, -0.05) is 0 Å². The molecule has 2 fully saturated rings. The molecule has 0 spiro atoms. The first-order valence-corrected chi connectivity index (χ1v) is 8.77. The van der Waals surface area contributed by atoms with Crippen LogP contribution in [0.1, 0.15) is 39.5 Å². The first-order chi connectivity index (χ1) is 11.5. The summed E-state index contributed by atoms with van der Waals surface area (Å²) in [6.45, 7) is 4.94. The number of carbonyl (C=O) groups is 2. The van der Waals surface area contributed by atoms with Crippen LogP contribution < -0.4 is 16.0 Å². The second-order valence-electron chi connectivity index (χ2n) is 6.91. The number of anilines is 2. The topological polar surface area (TPSA) is 73.5 Å². The molecule has 1 aromatic carbocycles. The van der Waals surface area contributed by atoms with Crippen LogP contribution in [0, 0.1) is 0 Å². The average Bonchev–Trinajstić information content (AvgIpc) is 3.34. The number of urea groups is 1. The molecule has 6 nitrogen and oxygen atoms in total. The Kier molecular flexibility index (Phi) is 4.92. The maximum atomic E-state index is 12.5. The SMILES string of the molecule is CC(C)N1CCC[C@@H](Nc2ccc(NC(=O)NC3CC3)cc2)C1=O. The van der Waals surface area contributed by atoms with E-state index in [1.807, 2.05) is 43.0 Å². The first-order valence-electron chi connectivity index (χ1n) is 8.77. The number of carbonyl (C=O) groups excluding carboxylic acids is 2. The highest BCUT2D eigenvalue weighted by Crippen LogP contribution is 2.21. The standard InChI is InChI=1S/C18H26N4O2/c1-12(2)22-11-3-4-16(17(22)23)19-13-5-7-14(8-6-13)20-18(24)21-15-9-10-15/h5-8,12,15-16,19H,3-4,9-11H2,1-2H3,(H2,20,21,24)/t16-/m1/s1. The molecule has 1 aromatic rings. The van der Waals surface area contributed by atoms with Gasteiger partial charge in [-0.15, -0.1) is 0 Å². The molecule has 2 aliphatic rings. The van der Waals surface area contributed by atoms with Crippen LogP contribution in [-0.2, 0) is 4.79 Å². The molecule has 0 aromatic heterocycles. The summed E-state index contributed by atoms with van der Waals surface area (Å²) in [5.74, 6) is 0.169. The number of likely N-dealkylation sites (tertiary alicyclic amines) is 1. The monoisotopic (exact) mass is 330 g/mol. The fraction of sp³-hybridized carbons (Fsp3) is 0.556. The minimum atomic E-state index is -0.168. The third kappa shape index (κ3) is 4.19. The van der Waals surface area contributed by atoms with E-state index in [2.05, 4.69) is 16.0 Å². The van der Waals surface area contributed by atoms with E-state index in [-0.39, 0.29) is 24.0 Å². The van der Waals surface area contributed by atoms with Crippen molar-refractivity contribution in [3.63, 3.8) is 0 Å². The van der Waals surface area contributed by atoms with Crippen LogP contribution in [0.4, 0.5) is 16.2 Å². The molecule has 3 amide bonds. The van der Waals surface area contributed by atoms with E-state index >= 15 is 0 Å². The van der Waals surface area contributed by atoms with Crippen molar-refractivity contribution in [1.29, 1.82) is 0 Å². The van der Waals surface area contributed by atoms with Gasteiger partial charge in [-0.2, -0.15) is 0 Å². The van der Waals surface area contributed by atoms with Gasteiger partial charge in [0.25, 0.3) is 0 Å². The summed E-state index contributed by atoms with van der Waals surface area (Å²) in [5, 5.41) is 9.03. The van der Waals surface area contributed by atoms with Crippen molar-refractivity contribution in [3.8, 4) is 0 Å². The van der Waals surface area contributed by atoms with E-state index in [0.29, 0.717) is 6.04 Å². The molecule has 3 rings (SSSR count). The molecule has 24 heavy (non-hydrogen) atoms. The van der Waals surface area contributed by atoms with Gasteiger partial charge in [0.1, 0.15) is 6.04 Å². The van der Waals surface area contributed by atoms with Gasteiger partial charge in [-0.05, 0) is 63.8 Å². The minimum Gasteiger partial charge on any atom is -0.374 e. The van der Waals surface area contributed by atoms with Gasteiger partial charge in [0.2, 0.25) is 5.91 Å². The lowest BCUT2D eigenvalue weighted by Gasteiger charge is -2.35. The van der Waals surface area contributed by atoms with E-state index in [0.717, 1.165) is 43.6 Å². The van der Waals surface area contributed by atoms with Crippen LogP contribution in [0.15, 0.2) is 24.3 Å². The van der Waals surface area contributed by atoms with Crippen molar-refractivity contribution in [2.75, 3.05) is 17.2 Å². The molecule has 1 aliphatic carbocycles. The highest BCUT2D eigenvalue weighted by molar-refractivity contribution is 5.90. The van der Waals surface area contributed by atoms with Crippen molar-refractivity contribution in [1.82, 2.24) is 10.2 Å². The zero-order valence-electron chi connectivity index (χ0n) is 14.3. The number of amides is 3. The van der Waals surface area contributed by atoms with Gasteiger partial charge in [0.05, 0.1) is 0 Å². The van der Waals surface area contributed by atoms with E-state index in [9.17, 15) is 9.59 Å². The normalized spacial score (nSPS) is 20.9. The molecule has 130 valence electrons. The molecule has 1 atom stereocenters. The van der Waals surface area contributed by atoms with Gasteiger partial charge in [-0.3, -0.25) is 4.79 Å². The fourth-order valence-corrected chi connectivity index (χ4v) is 2.98. The van der Waals surface area contributed by atoms with Gasteiger partial charge < -0.3 is 20.9 Å². The van der Waals surface area contributed by atoms with Crippen molar-refractivity contribution >= 4 is 23.3 Å². The Morgan fingerprint density at radius 2 is 1.79 bits per heavy atom. The van der Waals surface area contributed by atoms with Crippen LogP contribution in [0.25, 0.3) is 0 Å². The summed E-state index contributed by atoms with van der Waals surface area (Å²) in [4.78, 5) is 26.1. The number of hydrogen-bond donors (Lipinski definition) is 3. The van der Waals surface area contributed by atoms with Crippen molar-refractivity contribution < 1.29 is 9.59 Å². The summed E-state index contributed by atoms with van der Waals surface area (Å²) in [6, 6.07) is 7.74. The third-order valence-electron chi connectivity index (χ3n) is 4.49. The maximum absolute atomic E-state index is 12.5. The Morgan fingerprint density at radius 1 is 1.12 bits per heavy atom. The number of benzene rings is 1. The third-order valence-corrected chi connectivity index (χ3v) is 4.49. The predicted octanol–water partition coefficient (Wildman–Crippen LogP) is 2.78. The molecular formula is C18H26N4O2. The van der Waals surface area contributed by atoms with Crippen LogP contribution in [0.2, 0.25) is 0 Å². The van der Waals surface area contributed by atoms with Gasteiger partial charge in [0.15, 0.2) is 0 Å². The Bertz CT molecular complexity index is 596. The molecule has 1 aliphatic heterocycles. The number of hydrogen-bond acceptors (Lipinski definition) is 3. The second kappa shape index (κ2) is 7.11. The smallest absolute Gasteiger partial charge is 0.319 e. The summed E-state index contributed by atoms with van der Waals surface area (Å²) in [7, 11) is 0. The molecule has 3 N–H and O–H groups in total. The highest BCUT2D eigenvalue weighted by Gasteiger charge is 2.30. The lowest BCUT2D eigenvalue weighted by molar-refractivity contribution is -0.136. The predicted molar refractivity (Wildman–Crippen MR) is 95.1 cm³/mol. The van der Waals surface area contributed by atoms with E-state index < -0.39 is 0 Å². The molecule has 1 saturated carbocycles. The molecule has 0 unspecified atom stereocenters. The second-order valence-corrected chi connectivity index (χ2v) is 6.91. The Balaban J connectivity index is 1.55. The first kappa shape index (κ1) is 16.6. The quantitative estimate of drug-likeness (QED) is 0.777. The van der Waals surface area contributed by atoms with Crippen molar-refractivity contribution in [3.05, 3.63) is 24.3 Å². The zero-order valence-corrected chi connectivity index (χ0v) is 14.3. The fourth-order valence-electron chi connectivity index (χ4n) is 2.98. The Hall–Kier alpha value is -2.24. The average molecular weight is 330 g/mol. The lowest BCUT2D eigenvalue weighted by atomic mass is 10.0. The minimum absolute atomic E-state index is 0.159. The number of nitrogens with one attached hydrogen (secondary N) is 3. The molecule has 0 bridgehead atoms. The van der Waals surface area contributed by atoms with Crippen molar-refractivity contribution in [2.45, 2.75) is 57.7 Å². The Morgan fingerprint density at radius 3 is 2.42 bits per heavy atom. The Labute approximate surface area is 143 Å². The zero-order chi connectivity index (χ0) is 17.1. The van der Waals surface area contributed by atoms with Crippen LogP contribution >= 0.6 is 0 Å². The summed E-state index contributed by atoms with van der Waals surface area (Å²) in [6.07, 6.45) is 4.01. The lowest BCUT2D eigenvalue weighted by Crippen LogP contribution is -2.50. The van der Waals surface area contributed by atoms with E-state index in [4.69, 9.17) is 0 Å². The molecule has 0 radical (unpaired) electrons. The van der Waals surface area contributed by atoms with Crippen molar-refractivity contribution in [2.24, 2.45) is 0 Å². The molecule has 1 saturated heterocycles. The van der Waals surface area contributed by atoms with Crippen LogP contribution in [0.5, 0.6) is 0 Å².